The van der Waals surface area contributed by atoms with Crippen molar-refractivity contribution < 1.29 is 0 Å². The van der Waals surface area contributed by atoms with Crippen molar-refractivity contribution in [1.29, 1.82) is 0 Å². The highest BCUT2D eigenvalue weighted by atomic mass is 32.1. The van der Waals surface area contributed by atoms with Gasteiger partial charge in [0.25, 0.3) is 0 Å². The maximum Gasteiger partial charge on any atom is 0.114 e. The first-order chi connectivity index (χ1) is 34.9. The summed E-state index contributed by atoms with van der Waals surface area (Å²) in [7, 11) is 0. The fraction of sp³-hybridized carbons (Fsp3) is 0.656. The molecule has 0 N–H and O–H groups in total. The first kappa shape index (κ1) is 58.1. The third-order valence-electron chi connectivity index (χ3n) is 15.5. The van der Waals surface area contributed by atoms with Gasteiger partial charge in [0.2, 0.25) is 0 Å². The minimum atomic E-state index is 0.729. The fourth-order valence-electron chi connectivity index (χ4n) is 11.1. The van der Waals surface area contributed by atoms with Crippen LogP contribution in [-0.4, -0.2) is 8.75 Å². The summed E-state index contributed by atoms with van der Waals surface area (Å²) in [6.45, 7) is 13.9. The molecule has 2 unspecified atom stereocenters. The Kier molecular flexibility index (Phi) is 27.6. The molecule has 5 aromatic heterocycles. The van der Waals surface area contributed by atoms with Crippen molar-refractivity contribution in [3.8, 4) is 40.4 Å². The van der Waals surface area contributed by atoms with E-state index in [1.54, 1.807) is 11.1 Å². The van der Waals surface area contributed by atoms with Crippen LogP contribution in [0, 0.1) is 25.7 Å². The van der Waals surface area contributed by atoms with Gasteiger partial charge in [0.15, 0.2) is 0 Å². The van der Waals surface area contributed by atoms with E-state index in [1.165, 1.54) is 280 Å². The monoisotopic (exact) mass is 1050 g/mol. The van der Waals surface area contributed by atoms with Crippen LogP contribution in [0.4, 0.5) is 0 Å². The lowest BCUT2D eigenvalue weighted by atomic mass is 9.88. The van der Waals surface area contributed by atoms with Crippen LogP contribution in [-0.2, 0) is 12.8 Å². The quantitative estimate of drug-likeness (QED) is 0.0359. The summed E-state index contributed by atoms with van der Waals surface area (Å²) in [4.78, 5) is 11.3. The third-order valence-corrected chi connectivity index (χ3v) is 20.8. The number of fused-ring (bicyclic) bond motifs is 1. The molecule has 0 saturated carbocycles. The lowest BCUT2D eigenvalue weighted by Gasteiger charge is -2.17. The van der Waals surface area contributed by atoms with E-state index in [9.17, 15) is 0 Å². The van der Waals surface area contributed by atoms with Crippen molar-refractivity contribution in [3.63, 3.8) is 0 Å². The van der Waals surface area contributed by atoms with Crippen LogP contribution in [0.2, 0.25) is 0 Å². The molecular formula is C64H96N2S5. The molecule has 2 atom stereocenters. The second-order valence-corrected chi connectivity index (χ2v) is 26.8. The molecule has 0 fully saturated rings. The number of hydrogen-bond acceptors (Lipinski definition) is 7. The first-order valence-electron chi connectivity index (χ1n) is 29.6. The number of aryl methyl sites for hydroxylation is 2. The molecule has 71 heavy (non-hydrogen) atoms. The van der Waals surface area contributed by atoms with Crippen LogP contribution in [0.5, 0.6) is 0 Å². The highest BCUT2D eigenvalue weighted by Gasteiger charge is 2.23. The number of thiophene rings is 4. The number of unbranched alkanes of at least 4 members (excludes halogenated alkanes) is 24. The summed E-state index contributed by atoms with van der Waals surface area (Å²) in [5.41, 5.74) is 7.82. The number of hydrogen-bond donors (Lipinski definition) is 0. The topological polar surface area (TPSA) is 25.8 Å². The Morgan fingerprint density at radius 1 is 0.366 bits per heavy atom. The summed E-state index contributed by atoms with van der Waals surface area (Å²) in [6, 6.07) is 19.3. The van der Waals surface area contributed by atoms with E-state index in [0.717, 1.165) is 22.9 Å². The lowest BCUT2D eigenvalue weighted by molar-refractivity contribution is 0.400. The Morgan fingerprint density at radius 3 is 1.20 bits per heavy atom. The zero-order valence-corrected chi connectivity index (χ0v) is 49.8. The third kappa shape index (κ3) is 19.5. The van der Waals surface area contributed by atoms with Gasteiger partial charge < -0.3 is 0 Å². The summed E-state index contributed by atoms with van der Waals surface area (Å²) in [6.07, 6.45) is 46.8. The number of rotatable bonds is 40. The molecule has 6 aromatic rings. The second kappa shape index (κ2) is 33.7. The smallest absolute Gasteiger partial charge is 0.114 e. The van der Waals surface area contributed by atoms with E-state index in [2.05, 4.69) is 90.1 Å². The van der Waals surface area contributed by atoms with Crippen LogP contribution in [0.1, 0.15) is 254 Å². The molecule has 0 aliphatic rings. The highest BCUT2D eigenvalue weighted by Crippen LogP contribution is 2.47. The molecule has 0 aliphatic heterocycles. The predicted molar refractivity (Wildman–Crippen MR) is 325 cm³/mol. The molecule has 5 heterocycles. The average Bonchev–Trinajstić information content (AvgIpc) is 4.25. The summed E-state index contributed by atoms with van der Waals surface area (Å²) in [5.74, 6) is 1.51. The van der Waals surface area contributed by atoms with E-state index in [1.807, 2.05) is 45.3 Å². The minimum absolute atomic E-state index is 0.729. The molecular weight excluding hydrogens is 957 g/mol. The molecule has 0 aliphatic carbocycles. The Labute approximate surface area is 455 Å². The number of nitrogens with zero attached hydrogens (tertiary/aromatic N) is 2. The SMILES string of the molecule is CCCCCCCCCCC(CCCCCCCC)Cc1cc(-c2ccc(-c3cc(CC(CCCCCCCC)CCCCCCCCCC)c(-c4ccc(-c5ccc(C)s5)s4)s3)c3nsnc23)sc1C. The van der Waals surface area contributed by atoms with Crippen molar-refractivity contribution in [2.45, 2.75) is 260 Å². The van der Waals surface area contributed by atoms with Crippen LogP contribution in [0.25, 0.3) is 51.4 Å². The molecule has 0 bridgehead atoms. The Bertz CT molecular complexity index is 2320. The number of aromatic nitrogens is 2. The molecule has 0 amide bonds. The molecule has 0 saturated heterocycles. The molecule has 0 radical (unpaired) electrons. The van der Waals surface area contributed by atoms with Gasteiger partial charge in [-0.1, -0.05) is 245 Å². The van der Waals surface area contributed by atoms with Crippen LogP contribution < -0.4 is 0 Å². The van der Waals surface area contributed by atoms with Crippen molar-refractivity contribution >= 4 is 68.1 Å². The summed E-state index contributed by atoms with van der Waals surface area (Å²) >= 11 is 9.30. The van der Waals surface area contributed by atoms with E-state index in [4.69, 9.17) is 8.75 Å². The predicted octanol–water partition coefficient (Wildman–Crippen LogP) is 24.1. The molecule has 7 heteroatoms. The van der Waals surface area contributed by atoms with Crippen molar-refractivity contribution in [2.24, 2.45) is 11.8 Å². The van der Waals surface area contributed by atoms with Gasteiger partial charge in [0.1, 0.15) is 11.0 Å². The van der Waals surface area contributed by atoms with Crippen LogP contribution >= 0.6 is 57.1 Å². The highest BCUT2D eigenvalue weighted by molar-refractivity contribution is 7.27. The van der Waals surface area contributed by atoms with E-state index in [-0.39, 0.29) is 0 Å². The largest absolute Gasteiger partial charge is 0.172 e. The summed E-state index contributed by atoms with van der Waals surface area (Å²) < 4.78 is 10.2. The number of benzene rings is 1. The van der Waals surface area contributed by atoms with Crippen molar-refractivity contribution in [3.05, 3.63) is 69.4 Å². The van der Waals surface area contributed by atoms with E-state index < -0.39 is 0 Å². The molecule has 0 spiro atoms. The second-order valence-electron chi connectivity index (χ2n) is 21.6. The maximum atomic E-state index is 5.11. The van der Waals surface area contributed by atoms with Gasteiger partial charge in [-0.25, -0.2) is 0 Å². The van der Waals surface area contributed by atoms with Gasteiger partial charge in [-0.15, -0.1) is 45.3 Å². The molecule has 6 rings (SSSR count). The van der Waals surface area contributed by atoms with Gasteiger partial charge in [-0.2, -0.15) is 8.75 Å². The van der Waals surface area contributed by atoms with Gasteiger partial charge in [0.05, 0.1) is 11.7 Å². The van der Waals surface area contributed by atoms with Crippen molar-refractivity contribution in [1.82, 2.24) is 8.75 Å². The first-order valence-corrected chi connectivity index (χ1v) is 33.6. The lowest BCUT2D eigenvalue weighted by Crippen LogP contribution is -2.05. The molecule has 1 aromatic carbocycles. The normalized spacial score (nSPS) is 12.8. The van der Waals surface area contributed by atoms with E-state index in [0.29, 0.717) is 0 Å². The van der Waals surface area contributed by atoms with Crippen LogP contribution in [0.3, 0.4) is 0 Å². The average molecular weight is 1050 g/mol. The van der Waals surface area contributed by atoms with Gasteiger partial charge in [-0.3, -0.25) is 0 Å². The molecule has 392 valence electrons. The Hall–Kier alpha value is -2.16. The van der Waals surface area contributed by atoms with Gasteiger partial charge in [-0.05, 0) is 86.1 Å². The summed E-state index contributed by atoms with van der Waals surface area (Å²) in [5, 5.41) is 0. The Morgan fingerprint density at radius 2 is 0.746 bits per heavy atom. The van der Waals surface area contributed by atoms with E-state index >= 15 is 0 Å². The molecule has 2 nitrogen and oxygen atoms in total. The maximum absolute atomic E-state index is 5.11. The fourth-order valence-corrected chi connectivity index (χ4v) is 16.1. The minimum Gasteiger partial charge on any atom is -0.172 e. The van der Waals surface area contributed by atoms with Gasteiger partial charge in [0, 0.05) is 50.1 Å². The Balaban J connectivity index is 1.23. The van der Waals surface area contributed by atoms with Gasteiger partial charge >= 0.3 is 0 Å². The standard InChI is InChI=1S/C64H96N2S5/c1-7-11-15-19-23-25-29-33-36-51(35-31-27-21-17-13-9-3)45-53-47-60(68-50(53)6)55-40-41-56(63-62(55)65-71-66-63)61-48-54(64(70-61)59-44-43-58(69-59)57-42-39-49(5)67-57)46-52(37-32-28-22-18-14-10-4)38-34-30-26-24-20-16-12-8-2/h39-44,47-48,51-52H,7-38,45-46H2,1-6H3. The zero-order valence-electron chi connectivity index (χ0n) is 45.8. The van der Waals surface area contributed by atoms with Crippen LogP contribution in [0.15, 0.2) is 48.5 Å². The van der Waals surface area contributed by atoms with Crippen molar-refractivity contribution in [2.75, 3.05) is 0 Å². The zero-order chi connectivity index (χ0) is 49.9.